The summed E-state index contributed by atoms with van der Waals surface area (Å²) < 4.78 is 0. The molecule has 0 aliphatic carbocycles. The highest BCUT2D eigenvalue weighted by molar-refractivity contribution is 6.12. The van der Waals surface area contributed by atoms with Gasteiger partial charge in [0.05, 0.1) is 5.52 Å². The van der Waals surface area contributed by atoms with Crippen LogP contribution in [0.4, 0.5) is 0 Å². The molecular weight excluding hydrogens is 350 g/mol. The summed E-state index contributed by atoms with van der Waals surface area (Å²) in [5, 5.41) is 2.55. The summed E-state index contributed by atoms with van der Waals surface area (Å²) in [5.74, 6) is 0. The van der Waals surface area contributed by atoms with Crippen LogP contribution < -0.4 is 0 Å². The lowest BCUT2D eigenvalue weighted by atomic mass is 9.86. The summed E-state index contributed by atoms with van der Waals surface area (Å²) in [5.41, 5.74) is 8.90. The Balaban J connectivity index is 0.00000218. The van der Waals surface area contributed by atoms with Crippen LogP contribution in [0.15, 0.2) is 91.0 Å². The summed E-state index contributed by atoms with van der Waals surface area (Å²) in [6.45, 7) is 6.76. The van der Waals surface area contributed by atoms with Gasteiger partial charge in [-0.1, -0.05) is 99.6 Å². The first-order valence-electron chi connectivity index (χ1n) is 10.2. The number of aromatic amines is 1. The Bertz CT molecular complexity index is 1310. The molecular formula is C28H27N. The largest absolute Gasteiger partial charge is 0.354 e. The fourth-order valence-electron chi connectivity index (χ4n) is 4.12. The molecule has 0 aliphatic heterocycles. The third kappa shape index (κ3) is 3.13. The molecule has 1 N–H and O–H groups in total. The Morgan fingerprint density at radius 2 is 1.34 bits per heavy atom. The van der Waals surface area contributed by atoms with Crippen molar-refractivity contribution >= 4 is 21.8 Å². The topological polar surface area (TPSA) is 15.8 Å². The summed E-state index contributed by atoms with van der Waals surface area (Å²) in [7, 11) is 0. The Hall–Kier alpha value is -3.32. The van der Waals surface area contributed by atoms with Crippen LogP contribution in [-0.2, 0) is 5.41 Å². The van der Waals surface area contributed by atoms with Crippen molar-refractivity contribution < 1.29 is 1.43 Å². The molecule has 0 spiro atoms. The molecule has 0 atom stereocenters. The van der Waals surface area contributed by atoms with Gasteiger partial charge in [-0.3, -0.25) is 0 Å². The highest BCUT2D eigenvalue weighted by Crippen LogP contribution is 2.35. The van der Waals surface area contributed by atoms with E-state index in [-0.39, 0.29) is 6.84 Å². The van der Waals surface area contributed by atoms with Crippen LogP contribution in [0.1, 0.15) is 27.8 Å². The second kappa shape index (κ2) is 6.63. The second-order valence-corrected chi connectivity index (χ2v) is 8.81. The van der Waals surface area contributed by atoms with Crippen molar-refractivity contribution in [1.82, 2.24) is 4.98 Å². The van der Waals surface area contributed by atoms with Crippen LogP contribution in [0.3, 0.4) is 0 Å². The minimum atomic E-state index is 0. The number of aromatic nitrogens is 1. The zero-order chi connectivity index (χ0) is 20.0. The quantitative estimate of drug-likeness (QED) is 0.319. The van der Waals surface area contributed by atoms with E-state index in [0.717, 1.165) is 0 Å². The Labute approximate surface area is 173 Å². The predicted octanol–water partition coefficient (Wildman–Crippen LogP) is 8.20. The van der Waals surface area contributed by atoms with E-state index in [1.165, 1.54) is 49.6 Å². The second-order valence-electron chi connectivity index (χ2n) is 8.81. The van der Waals surface area contributed by atoms with Crippen molar-refractivity contribution in [3.63, 3.8) is 0 Å². The zero-order valence-electron chi connectivity index (χ0n) is 17.2. The average molecular weight is 378 g/mol. The van der Waals surface area contributed by atoms with Crippen LogP contribution in [0.25, 0.3) is 44.1 Å². The van der Waals surface area contributed by atoms with Crippen molar-refractivity contribution in [2.75, 3.05) is 0 Å². The Morgan fingerprint density at radius 3 is 2.07 bits per heavy atom. The van der Waals surface area contributed by atoms with Crippen molar-refractivity contribution in [3.05, 3.63) is 96.6 Å². The van der Waals surface area contributed by atoms with Gasteiger partial charge in [0, 0.05) is 23.3 Å². The van der Waals surface area contributed by atoms with Gasteiger partial charge >= 0.3 is 0 Å². The SMILES string of the molecule is CC(C)(C)c1ccc(-c2cccc3c2[nH]c2ccc(-c4ccccc4)cc23)cc1.[HH]. The van der Waals surface area contributed by atoms with Crippen molar-refractivity contribution in [1.29, 1.82) is 0 Å². The van der Waals surface area contributed by atoms with E-state index in [9.17, 15) is 0 Å². The lowest BCUT2D eigenvalue weighted by Crippen LogP contribution is -2.10. The summed E-state index contributed by atoms with van der Waals surface area (Å²) in [4.78, 5) is 3.67. The number of para-hydroxylation sites is 1. The highest BCUT2D eigenvalue weighted by Gasteiger charge is 2.14. The van der Waals surface area contributed by atoms with Crippen LogP contribution in [0.5, 0.6) is 0 Å². The van der Waals surface area contributed by atoms with Gasteiger partial charge in [-0.25, -0.2) is 0 Å². The lowest BCUT2D eigenvalue weighted by molar-refractivity contribution is 0.590. The molecule has 0 saturated heterocycles. The van der Waals surface area contributed by atoms with Gasteiger partial charge in [0.25, 0.3) is 0 Å². The first kappa shape index (κ1) is 17.8. The maximum Gasteiger partial charge on any atom is 0.0544 e. The smallest absolute Gasteiger partial charge is 0.0544 e. The Morgan fingerprint density at radius 1 is 0.621 bits per heavy atom. The predicted molar refractivity (Wildman–Crippen MR) is 127 cm³/mol. The molecule has 5 aromatic rings. The molecule has 0 unspecified atom stereocenters. The zero-order valence-corrected chi connectivity index (χ0v) is 17.2. The molecule has 0 bridgehead atoms. The van der Waals surface area contributed by atoms with E-state index < -0.39 is 0 Å². The maximum atomic E-state index is 3.67. The van der Waals surface area contributed by atoms with Crippen molar-refractivity contribution in [3.8, 4) is 22.3 Å². The average Bonchev–Trinajstić information content (AvgIpc) is 3.12. The summed E-state index contributed by atoms with van der Waals surface area (Å²) >= 11 is 0. The number of H-pyrrole nitrogens is 1. The van der Waals surface area contributed by atoms with E-state index in [1.807, 2.05) is 0 Å². The Kier molecular flexibility index (Phi) is 4.06. The fraction of sp³-hybridized carbons (Fsp3) is 0.143. The third-order valence-corrected chi connectivity index (χ3v) is 5.80. The number of fused-ring (bicyclic) bond motifs is 3. The van der Waals surface area contributed by atoms with Crippen LogP contribution in [-0.4, -0.2) is 4.98 Å². The minimum Gasteiger partial charge on any atom is -0.354 e. The molecule has 0 radical (unpaired) electrons. The van der Waals surface area contributed by atoms with E-state index in [1.54, 1.807) is 0 Å². The van der Waals surface area contributed by atoms with Crippen LogP contribution in [0, 0.1) is 0 Å². The number of hydrogen-bond donors (Lipinski definition) is 1. The molecule has 4 aromatic carbocycles. The van der Waals surface area contributed by atoms with Gasteiger partial charge in [0.15, 0.2) is 0 Å². The number of rotatable bonds is 2. The van der Waals surface area contributed by atoms with Gasteiger partial charge in [0.1, 0.15) is 0 Å². The molecule has 1 nitrogen and oxygen atoms in total. The van der Waals surface area contributed by atoms with Gasteiger partial charge in [0.2, 0.25) is 0 Å². The molecule has 0 amide bonds. The minimum absolute atomic E-state index is 0. The number of benzene rings is 4. The van der Waals surface area contributed by atoms with Crippen molar-refractivity contribution in [2.24, 2.45) is 0 Å². The standard InChI is InChI=1S/C28H25N.H2/c1-28(2,3)22-15-12-20(13-16-22)23-10-7-11-24-25-18-21(19-8-5-4-6-9-19)14-17-26(25)29-27(23)24;/h4-18,29H,1-3H3;1H. The van der Waals surface area contributed by atoms with E-state index in [4.69, 9.17) is 0 Å². The summed E-state index contributed by atoms with van der Waals surface area (Å²) in [6.07, 6.45) is 0. The highest BCUT2D eigenvalue weighted by atomic mass is 14.7. The summed E-state index contributed by atoms with van der Waals surface area (Å²) in [6, 6.07) is 32.9. The molecule has 0 fully saturated rings. The lowest BCUT2D eigenvalue weighted by Gasteiger charge is -2.19. The fourth-order valence-corrected chi connectivity index (χ4v) is 4.12. The van der Waals surface area contributed by atoms with Gasteiger partial charge in [-0.2, -0.15) is 0 Å². The number of nitrogens with one attached hydrogen (secondary N) is 1. The third-order valence-electron chi connectivity index (χ3n) is 5.80. The van der Waals surface area contributed by atoms with E-state index in [0.29, 0.717) is 0 Å². The number of hydrogen-bond acceptors (Lipinski definition) is 0. The van der Waals surface area contributed by atoms with Crippen LogP contribution >= 0.6 is 0 Å². The normalized spacial score (nSPS) is 12.0. The van der Waals surface area contributed by atoms with E-state index >= 15 is 0 Å². The molecule has 144 valence electrons. The molecule has 1 heteroatoms. The van der Waals surface area contributed by atoms with Gasteiger partial charge in [-0.15, -0.1) is 0 Å². The molecule has 0 saturated carbocycles. The molecule has 0 aliphatic rings. The molecule has 5 rings (SSSR count). The van der Waals surface area contributed by atoms with Crippen molar-refractivity contribution in [2.45, 2.75) is 26.2 Å². The molecule has 29 heavy (non-hydrogen) atoms. The monoisotopic (exact) mass is 377 g/mol. The maximum absolute atomic E-state index is 3.67. The first-order valence-corrected chi connectivity index (χ1v) is 10.2. The van der Waals surface area contributed by atoms with Crippen LogP contribution in [0.2, 0.25) is 0 Å². The molecule has 1 aromatic heterocycles. The van der Waals surface area contributed by atoms with Gasteiger partial charge < -0.3 is 4.98 Å². The molecule has 1 heterocycles. The van der Waals surface area contributed by atoms with E-state index in [2.05, 4.69) is 117 Å². The first-order chi connectivity index (χ1) is 14.0. The van der Waals surface area contributed by atoms with Gasteiger partial charge in [-0.05, 0) is 39.8 Å².